The zero-order valence-corrected chi connectivity index (χ0v) is 35.9. The van der Waals surface area contributed by atoms with Gasteiger partial charge in [0.05, 0.1) is 30.3 Å². The Morgan fingerprint density at radius 3 is 1.31 bits per heavy atom. The summed E-state index contributed by atoms with van der Waals surface area (Å²) in [6.07, 6.45) is -0.226. The van der Waals surface area contributed by atoms with Crippen LogP contribution >= 0.6 is 0 Å². The number of phenolic OH excluding ortho intramolecular Hbond substituents is 2. The molecule has 6 aliphatic carbocycles. The summed E-state index contributed by atoms with van der Waals surface area (Å²) in [5.41, 5.74) is 4.34. The number of primary amides is 2. The fourth-order valence-corrected chi connectivity index (χ4v) is 11.5. The van der Waals surface area contributed by atoms with Crippen molar-refractivity contribution in [1.29, 1.82) is 0 Å². The zero-order valence-electron chi connectivity index (χ0n) is 35.9. The third-order valence-electron chi connectivity index (χ3n) is 14.4. The molecule has 2 amide bonds. The fraction of sp³-hybridized carbons (Fsp3) is 0.422. The van der Waals surface area contributed by atoms with Crippen LogP contribution in [0.25, 0.3) is 11.5 Å². The van der Waals surface area contributed by atoms with Gasteiger partial charge in [-0.1, -0.05) is 12.1 Å². The van der Waals surface area contributed by atoms with Crippen LogP contribution in [0.15, 0.2) is 58.1 Å². The van der Waals surface area contributed by atoms with Gasteiger partial charge >= 0.3 is 0 Å². The molecule has 0 aromatic heterocycles. The first-order valence-corrected chi connectivity index (χ1v) is 20.7. The van der Waals surface area contributed by atoms with Crippen LogP contribution in [-0.4, -0.2) is 149 Å². The highest BCUT2D eigenvalue weighted by Gasteiger charge is 2.66. The van der Waals surface area contributed by atoms with E-state index >= 15 is 0 Å². The van der Waals surface area contributed by atoms with Crippen LogP contribution in [0.3, 0.4) is 0 Å². The van der Waals surface area contributed by atoms with Crippen molar-refractivity contribution < 1.29 is 74.5 Å². The standard InChI is InChI=1S/C45H49N5O15/c1-48(2)32-22-12-18-10-20-16(6-8-24(51)28(20)34(53)26(18)38(57)44(22,63)40(59)30(36(32)55)42(46)61)14-50(65-5)15-17-7-9-25(52)29-21(17)11-19-13-23-33(49(3)4)37(56)31(43(47)62)41(60)45(23,64)39(58)27(19)35(29)54/h6-9,18-19,22-23,32-33,51-54,59-60,63-64H,10-15H2,1-5H3,(H2,46,61)(H2,47,62)/t18-,19-,22-,23-,32-,33-,44-,45-/m0/s1. The minimum Gasteiger partial charge on any atom is -0.508 e. The lowest BCUT2D eigenvalue weighted by Gasteiger charge is -2.50. The monoisotopic (exact) mass is 899 g/mol. The van der Waals surface area contributed by atoms with E-state index in [-0.39, 0.29) is 61.0 Å². The second kappa shape index (κ2) is 15.4. The molecule has 20 heteroatoms. The van der Waals surface area contributed by atoms with E-state index in [1.165, 1.54) is 62.3 Å². The number of aliphatic hydroxyl groups excluding tert-OH is 4. The number of benzene rings is 2. The number of hydroxylamine groups is 2. The average molecular weight is 900 g/mol. The third-order valence-corrected chi connectivity index (χ3v) is 14.4. The summed E-state index contributed by atoms with van der Waals surface area (Å²) in [5.74, 6) is -15.6. The Morgan fingerprint density at radius 2 is 1.00 bits per heavy atom. The van der Waals surface area contributed by atoms with Crippen molar-refractivity contribution in [3.8, 4) is 11.5 Å². The lowest BCUT2D eigenvalue weighted by atomic mass is 9.57. The predicted octanol–water partition coefficient (Wildman–Crippen LogP) is -0.195. The van der Waals surface area contributed by atoms with Crippen molar-refractivity contribution in [2.24, 2.45) is 35.1 Å². The maximum atomic E-state index is 14.3. The highest BCUT2D eigenvalue weighted by atomic mass is 16.7. The summed E-state index contributed by atoms with van der Waals surface area (Å²) < 4.78 is 0. The molecule has 2 aromatic rings. The molecule has 65 heavy (non-hydrogen) atoms. The van der Waals surface area contributed by atoms with E-state index in [2.05, 4.69) is 0 Å². The molecule has 6 aliphatic rings. The van der Waals surface area contributed by atoms with E-state index in [9.17, 15) is 69.6 Å². The van der Waals surface area contributed by atoms with Gasteiger partial charge in [-0.15, -0.1) is 0 Å². The van der Waals surface area contributed by atoms with Gasteiger partial charge in [0.15, 0.2) is 22.8 Å². The molecule has 0 aliphatic heterocycles. The lowest BCUT2D eigenvalue weighted by Crippen LogP contribution is -2.65. The van der Waals surface area contributed by atoms with E-state index in [0.29, 0.717) is 22.3 Å². The topological polar surface area (TPSA) is 335 Å². The number of phenols is 2. The molecule has 2 aromatic carbocycles. The highest BCUT2D eigenvalue weighted by Crippen LogP contribution is 2.55. The number of amides is 2. The van der Waals surface area contributed by atoms with E-state index in [0.717, 1.165) is 0 Å². The van der Waals surface area contributed by atoms with E-state index < -0.39 is 128 Å². The molecule has 8 atom stereocenters. The van der Waals surface area contributed by atoms with Crippen molar-refractivity contribution in [3.05, 3.63) is 91.5 Å². The van der Waals surface area contributed by atoms with Gasteiger partial charge in [0.25, 0.3) is 11.8 Å². The highest BCUT2D eigenvalue weighted by molar-refractivity contribution is 6.25. The molecule has 0 saturated heterocycles. The molecule has 8 rings (SSSR count). The molecule has 0 bridgehead atoms. The van der Waals surface area contributed by atoms with E-state index in [1.807, 2.05) is 0 Å². The number of rotatable bonds is 9. The predicted molar refractivity (Wildman–Crippen MR) is 225 cm³/mol. The fourth-order valence-electron chi connectivity index (χ4n) is 11.5. The molecule has 2 fully saturated rings. The molecular formula is C45H49N5O15. The quantitative estimate of drug-likeness (QED) is 0.115. The van der Waals surface area contributed by atoms with Crippen LogP contribution in [0.2, 0.25) is 0 Å². The Bertz CT molecular complexity index is 2520. The van der Waals surface area contributed by atoms with Crippen LogP contribution in [0.4, 0.5) is 0 Å². The molecule has 0 radical (unpaired) electrons. The van der Waals surface area contributed by atoms with Crippen LogP contribution in [0.1, 0.15) is 46.2 Å². The number of fused-ring (bicyclic) bond motifs is 6. The van der Waals surface area contributed by atoms with Crippen molar-refractivity contribution in [2.45, 2.75) is 62.1 Å². The summed E-state index contributed by atoms with van der Waals surface area (Å²) in [7, 11) is 7.40. The van der Waals surface area contributed by atoms with Gasteiger partial charge in [0.1, 0.15) is 45.7 Å². The number of Topliss-reactive ketones (excluding diaryl/α,β-unsaturated/α-hetero) is 4. The molecule has 0 unspecified atom stereocenters. The lowest BCUT2D eigenvalue weighted by molar-refractivity contribution is -0.155. The van der Waals surface area contributed by atoms with Crippen molar-refractivity contribution >= 4 is 46.5 Å². The second-order valence-corrected chi connectivity index (χ2v) is 18.1. The number of aromatic hydroxyl groups is 2. The molecule has 0 heterocycles. The summed E-state index contributed by atoms with van der Waals surface area (Å²) >= 11 is 0. The summed E-state index contributed by atoms with van der Waals surface area (Å²) in [4.78, 5) is 89.0. The van der Waals surface area contributed by atoms with E-state index in [4.69, 9.17) is 16.3 Å². The van der Waals surface area contributed by atoms with Gasteiger partial charge in [-0.3, -0.25) is 38.6 Å². The Morgan fingerprint density at radius 1 is 0.646 bits per heavy atom. The van der Waals surface area contributed by atoms with E-state index in [1.54, 1.807) is 12.1 Å². The Hall–Kier alpha value is -6.42. The molecule has 20 nitrogen and oxygen atoms in total. The number of likely N-dealkylation sites (N-methyl/N-ethyl adjacent to an activating group) is 2. The number of aliphatic hydroxyl groups is 6. The first-order valence-electron chi connectivity index (χ1n) is 20.7. The first-order chi connectivity index (χ1) is 30.4. The number of carbonyl (C=O) groups excluding carboxylic acids is 6. The Balaban J connectivity index is 1.15. The largest absolute Gasteiger partial charge is 0.508 e. The number of ketones is 4. The van der Waals surface area contributed by atoms with Crippen molar-refractivity contribution in [3.63, 3.8) is 0 Å². The van der Waals surface area contributed by atoms with Gasteiger partial charge in [-0.05, 0) is 100 Å². The summed E-state index contributed by atoms with van der Waals surface area (Å²) in [6, 6.07) is 3.22. The summed E-state index contributed by atoms with van der Waals surface area (Å²) in [5, 5.41) is 93.6. The maximum Gasteiger partial charge on any atom is 0.255 e. The van der Waals surface area contributed by atoms with Crippen molar-refractivity contribution in [1.82, 2.24) is 14.9 Å². The maximum absolute atomic E-state index is 14.3. The van der Waals surface area contributed by atoms with Gasteiger partial charge in [0.2, 0.25) is 11.6 Å². The summed E-state index contributed by atoms with van der Waals surface area (Å²) in [6.45, 7) is -0.0551. The number of carbonyl (C=O) groups is 6. The van der Waals surface area contributed by atoms with Crippen LogP contribution < -0.4 is 11.5 Å². The van der Waals surface area contributed by atoms with Crippen LogP contribution in [-0.2, 0) is 59.5 Å². The van der Waals surface area contributed by atoms with Crippen LogP contribution in [0.5, 0.6) is 11.5 Å². The van der Waals surface area contributed by atoms with Gasteiger partial charge < -0.3 is 57.2 Å². The third kappa shape index (κ3) is 6.19. The second-order valence-electron chi connectivity index (χ2n) is 18.1. The molecule has 344 valence electrons. The van der Waals surface area contributed by atoms with Crippen molar-refractivity contribution in [2.75, 3.05) is 35.3 Å². The Kier molecular flexibility index (Phi) is 10.7. The van der Waals surface area contributed by atoms with Gasteiger partial charge in [-0.2, -0.15) is 5.06 Å². The minimum atomic E-state index is -2.81. The number of nitrogens with zero attached hydrogens (tertiary/aromatic N) is 3. The SMILES string of the molecule is CON(Cc1ccc(O)c2c1C[C@H]1C[C@H]3[C@H](N(C)C)C(=O)C(C(N)=O)=C(O)[C@@]3(O)C(=O)C1=C2O)Cc1ccc(O)c2c1C[C@H]1C[C@H]3[C@H](N(C)C)C(=O)C(C(N)=O)=C(O)[C@@]3(O)C(=O)C1=C2O. The number of nitrogens with two attached hydrogens (primary N) is 2. The van der Waals surface area contributed by atoms with Gasteiger partial charge in [-0.25, -0.2) is 0 Å². The van der Waals surface area contributed by atoms with Gasteiger partial charge in [0, 0.05) is 36.1 Å². The molecule has 2 saturated carbocycles. The average Bonchev–Trinajstić information content (AvgIpc) is 3.21. The first kappa shape index (κ1) is 45.2. The number of hydrogen-bond donors (Lipinski definition) is 10. The Labute approximate surface area is 370 Å². The zero-order chi connectivity index (χ0) is 47.7. The number of hydrogen-bond acceptors (Lipinski definition) is 18. The smallest absolute Gasteiger partial charge is 0.255 e. The van der Waals surface area contributed by atoms with Crippen LogP contribution in [0, 0.1) is 23.7 Å². The molecular weight excluding hydrogens is 851 g/mol. The minimum absolute atomic E-state index is 0.0111. The molecule has 0 spiro atoms. The normalized spacial score (nSPS) is 29.8. The molecule has 12 N–H and O–H groups in total.